The van der Waals surface area contributed by atoms with E-state index in [-0.39, 0.29) is 17.4 Å². The second-order valence-electron chi connectivity index (χ2n) is 7.16. The van der Waals surface area contributed by atoms with E-state index < -0.39 is 0 Å². The van der Waals surface area contributed by atoms with Gasteiger partial charge in [-0.05, 0) is 45.6 Å². The molecule has 0 unspecified atom stereocenters. The zero-order chi connectivity index (χ0) is 16.0. The molecule has 0 aliphatic carbocycles. The van der Waals surface area contributed by atoms with Crippen LogP contribution in [-0.4, -0.2) is 21.2 Å². The summed E-state index contributed by atoms with van der Waals surface area (Å²) < 4.78 is 6.52. The van der Waals surface area contributed by atoms with E-state index in [1.54, 1.807) is 0 Å². The van der Waals surface area contributed by atoms with E-state index in [4.69, 9.17) is 17.0 Å². The molecule has 118 valence electrons. The number of hydrogen-bond acceptors (Lipinski definition) is 2. The van der Waals surface area contributed by atoms with Crippen molar-refractivity contribution in [3.63, 3.8) is 0 Å². The fourth-order valence-corrected chi connectivity index (χ4v) is 4.67. The molecule has 2 aliphatic heterocycles. The van der Waals surface area contributed by atoms with Gasteiger partial charge in [0.2, 0.25) is 0 Å². The summed E-state index contributed by atoms with van der Waals surface area (Å²) in [5.41, 5.74) is 0.722. The zero-order valence-electron chi connectivity index (χ0n) is 13.7. The van der Waals surface area contributed by atoms with Crippen molar-refractivity contribution >= 4 is 17.2 Å². The molecule has 2 aliphatic rings. The van der Waals surface area contributed by atoms with Crippen LogP contribution in [0, 0.1) is 5.92 Å². The van der Waals surface area contributed by atoms with Crippen molar-refractivity contribution in [1.29, 1.82) is 0 Å². The Bertz CT molecular complexity index is 582. The molecule has 0 radical (unpaired) electrons. The number of rotatable bonds is 3. The van der Waals surface area contributed by atoms with Gasteiger partial charge < -0.3 is 9.64 Å². The molecule has 3 rings (SSSR count). The maximum Gasteiger partial charge on any atom is 0.140 e. The molecule has 2 nitrogen and oxygen atoms in total. The summed E-state index contributed by atoms with van der Waals surface area (Å²) in [7, 11) is 0. The van der Waals surface area contributed by atoms with Gasteiger partial charge in [-0.1, -0.05) is 48.6 Å². The van der Waals surface area contributed by atoms with Gasteiger partial charge in [0.1, 0.15) is 5.72 Å². The Morgan fingerprint density at radius 3 is 2.64 bits per heavy atom. The van der Waals surface area contributed by atoms with E-state index in [0.717, 1.165) is 24.3 Å². The van der Waals surface area contributed by atoms with E-state index in [2.05, 4.69) is 62.6 Å². The van der Waals surface area contributed by atoms with Crippen molar-refractivity contribution in [1.82, 2.24) is 4.90 Å². The highest BCUT2D eigenvalue weighted by Crippen LogP contribution is 2.53. The monoisotopic (exact) mass is 315 g/mol. The van der Waals surface area contributed by atoms with Crippen molar-refractivity contribution in [2.45, 2.75) is 57.4 Å². The van der Waals surface area contributed by atoms with Crippen molar-refractivity contribution in [2.24, 2.45) is 5.92 Å². The van der Waals surface area contributed by atoms with Crippen LogP contribution < -0.4 is 0 Å². The van der Waals surface area contributed by atoms with Crippen LogP contribution in [0.1, 0.15) is 51.6 Å². The molecule has 1 aromatic carbocycles. The SMILES string of the molecule is C=CC[C@@H]1CC[C@]2(C)OC(C)(C)[C@@H](c3ccccc3)N2C1=S. The lowest BCUT2D eigenvalue weighted by atomic mass is 9.85. The average molecular weight is 315 g/mol. The quantitative estimate of drug-likeness (QED) is 0.583. The maximum absolute atomic E-state index is 6.52. The van der Waals surface area contributed by atoms with Crippen LogP contribution in [-0.2, 0) is 4.74 Å². The molecule has 2 fully saturated rings. The van der Waals surface area contributed by atoms with Gasteiger partial charge >= 0.3 is 0 Å². The highest BCUT2D eigenvalue weighted by atomic mass is 32.1. The summed E-state index contributed by atoms with van der Waals surface area (Å²) in [6, 6.07) is 10.8. The Kier molecular flexibility index (Phi) is 3.90. The van der Waals surface area contributed by atoms with Crippen LogP contribution in [0.25, 0.3) is 0 Å². The number of piperidine rings is 1. The molecule has 3 heteroatoms. The Labute approximate surface area is 139 Å². The molecule has 0 aromatic heterocycles. The fourth-order valence-electron chi connectivity index (χ4n) is 4.16. The van der Waals surface area contributed by atoms with Crippen LogP contribution in [0.15, 0.2) is 43.0 Å². The molecule has 0 N–H and O–H groups in total. The summed E-state index contributed by atoms with van der Waals surface area (Å²) in [5, 5.41) is 0. The highest BCUT2D eigenvalue weighted by molar-refractivity contribution is 7.80. The average Bonchev–Trinajstić information content (AvgIpc) is 2.69. The van der Waals surface area contributed by atoms with Gasteiger partial charge in [0.05, 0.1) is 16.6 Å². The lowest BCUT2D eigenvalue weighted by molar-refractivity contribution is -0.114. The van der Waals surface area contributed by atoms with Crippen LogP contribution in [0.4, 0.5) is 0 Å². The summed E-state index contributed by atoms with van der Waals surface area (Å²) >= 11 is 5.88. The van der Waals surface area contributed by atoms with Gasteiger partial charge in [-0.25, -0.2) is 0 Å². The van der Waals surface area contributed by atoms with E-state index >= 15 is 0 Å². The van der Waals surface area contributed by atoms with Gasteiger partial charge in [-0.2, -0.15) is 0 Å². The second kappa shape index (κ2) is 5.47. The van der Waals surface area contributed by atoms with E-state index in [1.165, 1.54) is 5.56 Å². The smallest absolute Gasteiger partial charge is 0.140 e. The van der Waals surface area contributed by atoms with Crippen molar-refractivity contribution in [3.8, 4) is 0 Å². The summed E-state index contributed by atoms with van der Waals surface area (Å²) in [6.07, 6.45) is 5.03. The number of hydrogen-bond donors (Lipinski definition) is 0. The molecule has 22 heavy (non-hydrogen) atoms. The van der Waals surface area contributed by atoms with Crippen LogP contribution in [0.2, 0.25) is 0 Å². The van der Waals surface area contributed by atoms with Gasteiger partial charge in [-0.3, -0.25) is 0 Å². The van der Waals surface area contributed by atoms with E-state index in [0.29, 0.717) is 5.92 Å². The number of thiocarbonyl (C=S) groups is 1. The summed E-state index contributed by atoms with van der Waals surface area (Å²) in [5.74, 6) is 0.407. The van der Waals surface area contributed by atoms with Gasteiger partial charge in [0, 0.05) is 5.92 Å². The summed E-state index contributed by atoms with van der Waals surface area (Å²) in [6.45, 7) is 10.4. The maximum atomic E-state index is 6.52. The first-order valence-corrected chi connectivity index (χ1v) is 8.49. The molecule has 3 atom stereocenters. The molecule has 0 spiro atoms. The molecule has 2 heterocycles. The normalized spacial score (nSPS) is 33.6. The number of allylic oxidation sites excluding steroid dienone is 1. The molecule has 0 amide bonds. The zero-order valence-corrected chi connectivity index (χ0v) is 14.5. The van der Waals surface area contributed by atoms with Crippen molar-refractivity contribution < 1.29 is 4.74 Å². The van der Waals surface area contributed by atoms with Crippen LogP contribution in [0.3, 0.4) is 0 Å². The number of nitrogens with zero attached hydrogens (tertiary/aromatic N) is 1. The Morgan fingerprint density at radius 1 is 1.32 bits per heavy atom. The molecular weight excluding hydrogens is 290 g/mol. The standard InChI is InChI=1S/C19H25NOS/c1-5-9-15-12-13-19(4)20(17(15)22)16(18(2,3)21-19)14-10-7-6-8-11-14/h5-8,10-11,15-16H,1,9,12-13H2,2-4H3/t15-,16-,19+/m1/s1. The molecule has 2 saturated heterocycles. The van der Waals surface area contributed by atoms with Crippen LogP contribution >= 0.6 is 12.2 Å². The highest BCUT2D eigenvalue weighted by Gasteiger charge is 2.57. The Balaban J connectivity index is 2.04. The molecular formula is C19H25NOS. The Hall–Kier alpha value is -1.19. The number of fused-ring (bicyclic) bond motifs is 1. The van der Waals surface area contributed by atoms with E-state index in [9.17, 15) is 0 Å². The third kappa shape index (κ3) is 2.40. The fraction of sp³-hybridized carbons (Fsp3) is 0.526. The number of ether oxygens (including phenoxy) is 1. The lowest BCUT2D eigenvalue weighted by Gasteiger charge is -2.45. The van der Waals surface area contributed by atoms with Gasteiger partial charge in [0.25, 0.3) is 0 Å². The minimum absolute atomic E-state index is 0.166. The topological polar surface area (TPSA) is 12.5 Å². The first kappa shape index (κ1) is 15.7. The van der Waals surface area contributed by atoms with E-state index in [1.807, 2.05) is 6.08 Å². The van der Waals surface area contributed by atoms with Gasteiger partial charge in [-0.15, -0.1) is 6.58 Å². The minimum Gasteiger partial charge on any atom is -0.348 e. The first-order chi connectivity index (χ1) is 10.4. The lowest BCUT2D eigenvalue weighted by Crippen LogP contribution is -2.52. The molecule has 1 aromatic rings. The third-order valence-electron chi connectivity index (χ3n) is 5.02. The first-order valence-electron chi connectivity index (χ1n) is 8.08. The predicted octanol–water partition coefficient (Wildman–Crippen LogP) is 4.87. The predicted molar refractivity (Wildman–Crippen MR) is 94.7 cm³/mol. The number of benzene rings is 1. The largest absolute Gasteiger partial charge is 0.348 e. The van der Waals surface area contributed by atoms with Crippen molar-refractivity contribution in [2.75, 3.05) is 0 Å². The summed E-state index contributed by atoms with van der Waals surface area (Å²) in [4.78, 5) is 3.41. The molecule has 0 bridgehead atoms. The van der Waals surface area contributed by atoms with Gasteiger partial charge in [0.15, 0.2) is 0 Å². The van der Waals surface area contributed by atoms with Crippen LogP contribution in [0.5, 0.6) is 0 Å². The third-order valence-corrected chi connectivity index (χ3v) is 5.55. The second-order valence-corrected chi connectivity index (χ2v) is 7.58. The minimum atomic E-state index is -0.293. The van der Waals surface area contributed by atoms with Crippen molar-refractivity contribution in [3.05, 3.63) is 48.6 Å². The molecule has 0 saturated carbocycles. The Morgan fingerprint density at radius 2 is 2.00 bits per heavy atom.